The Morgan fingerprint density at radius 2 is 1.97 bits per heavy atom. The van der Waals surface area contributed by atoms with Gasteiger partial charge in [-0.2, -0.15) is 0 Å². The molecule has 1 saturated heterocycles. The quantitative estimate of drug-likeness (QED) is 0.574. The summed E-state index contributed by atoms with van der Waals surface area (Å²) in [5.41, 5.74) is 2.54. The molecule has 0 bridgehead atoms. The molecule has 2 N–H and O–H groups in total. The fraction of sp³-hybridized carbons (Fsp3) is 0.391. The molecule has 32 heavy (non-hydrogen) atoms. The first-order valence-electron chi connectivity index (χ1n) is 10.8. The molecule has 0 radical (unpaired) electrons. The first-order chi connectivity index (χ1) is 15.4. The SMILES string of the molecule is CCN(CCCNC(=O)c1cccc(NC2=NC3CS(=O)(=O)CC3S2)c1)c1ccccc1. The number of para-hydroxylation sites is 1. The second kappa shape index (κ2) is 9.95. The van der Waals surface area contributed by atoms with Gasteiger partial charge >= 0.3 is 0 Å². The minimum Gasteiger partial charge on any atom is -0.372 e. The molecular weight excluding hydrogens is 444 g/mol. The molecule has 0 saturated carbocycles. The molecule has 4 rings (SSSR count). The standard InChI is InChI=1S/C23H28N4O3S2/c1-2-27(19-10-4-3-5-11-19)13-7-12-24-22(28)17-8-6-9-18(14-17)25-23-26-20-15-32(29,30)16-21(20)31-23/h3-6,8-11,14,20-21H,2,7,12-13,15-16H2,1H3,(H,24,28)(H,25,26). The van der Waals surface area contributed by atoms with E-state index >= 15 is 0 Å². The van der Waals surface area contributed by atoms with Crippen LogP contribution in [0.5, 0.6) is 0 Å². The van der Waals surface area contributed by atoms with Crippen molar-refractivity contribution in [2.24, 2.45) is 4.99 Å². The van der Waals surface area contributed by atoms with E-state index in [2.05, 4.69) is 39.6 Å². The Kier molecular flexibility index (Phi) is 7.05. The van der Waals surface area contributed by atoms with Crippen LogP contribution in [0.1, 0.15) is 23.7 Å². The Balaban J connectivity index is 1.26. The summed E-state index contributed by atoms with van der Waals surface area (Å²) in [4.78, 5) is 19.4. The smallest absolute Gasteiger partial charge is 0.251 e. The zero-order chi connectivity index (χ0) is 22.6. The van der Waals surface area contributed by atoms with Gasteiger partial charge in [0.15, 0.2) is 15.0 Å². The summed E-state index contributed by atoms with van der Waals surface area (Å²) in [5, 5.41) is 6.94. The lowest BCUT2D eigenvalue weighted by Gasteiger charge is -2.23. The summed E-state index contributed by atoms with van der Waals surface area (Å²) < 4.78 is 23.4. The van der Waals surface area contributed by atoms with Crippen molar-refractivity contribution in [1.29, 1.82) is 0 Å². The fourth-order valence-electron chi connectivity index (χ4n) is 3.96. The second-order valence-electron chi connectivity index (χ2n) is 7.97. The van der Waals surface area contributed by atoms with Crippen LogP contribution in [0.4, 0.5) is 11.4 Å². The van der Waals surface area contributed by atoms with Crippen molar-refractivity contribution in [3.8, 4) is 0 Å². The molecule has 7 nitrogen and oxygen atoms in total. The summed E-state index contributed by atoms with van der Waals surface area (Å²) in [7, 11) is -2.97. The highest BCUT2D eigenvalue weighted by atomic mass is 32.2. The molecule has 0 spiro atoms. The lowest BCUT2D eigenvalue weighted by atomic mass is 10.2. The van der Waals surface area contributed by atoms with Gasteiger partial charge in [-0.3, -0.25) is 9.79 Å². The number of nitrogens with one attached hydrogen (secondary N) is 2. The predicted octanol–water partition coefficient (Wildman–Crippen LogP) is 3.01. The fourth-order valence-corrected chi connectivity index (χ4v) is 7.64. The molecule has 2 aromatic carbocycles. The average Bonchev–Trinajstić information content (AvgIpc) is 3.26. The third kappa shape index (κ3) is 5.63. The van der Waals surface area contributed by atoms with Crippen LogP contribution in [0.15, 0.2) is 59.6 Å². The molecular formula is C23H28N4O3S2. The van der Waals surface area contributed by atoms with Crippen molar-refractivity contribution in [2.45, 2.75) is 24.6 Å². The van der Waals surface area contributed by atoms with Crippen molar-refractivity contribution >= 4 is 44.0 Å². The molecule has 2 heterocycles. The van der Waals surface area contributed by atoms with E-state index in [4.69, 9.17) is 0 Å². The highest BCUT2D eigenvalue weighted by molar-refractivity contribution is 8.15. The number of fused-ring (bicyclic) bond motifs is 1. The largest absolute Gasteiger partial charge is 0.372 e. The molecule has 2 aliphatic rings. The van der Waals surface area contributed by atoms with Crippen LogP contribution in [-0.2, 0) is 9.84 Å². The normalized spacial score (nSPS) is 21.0. The molecule has 1 fully saturated rings. The van der Waals surface area contributed by atoms with Crippen LogP contribution < -0.4 is 15.5 Å². The Labute approximate surface area is 193 Å². The molecule has 0 aliphatic carbocycles. The summed E-state index contributed by atoms with van der Waals surface area (Å²) in [6.07, 6.45) is 0.853. The van der Waals surface area contributed by atoms with E-state index in [0.29, 0.717) is 17.3 Å². The Bertz CT molecular complexity index is 1090. The second-order valence-corrected chi connectivity index (χ2v) is 11.3. The topological polar surface area (TPSA) is 90.9 Å². The molecule has 1 amide bonds. The number of carbonyl (C=O) groups excluding carboxylic acids is 1. The summed E-state index contributed by atoms with van der Waals surface area (Å²) in [6.45, 7) is 4.52. The van der Waals surface area contributed by atoms with E-state index in [1.165, 1.54) is 17.4 Å². The summed E-state index contributed by atoms with van der Waals surface area (Å²) in [5.74, 6) is 0.192. The number of benzene rings is 2. The van der Waals surface area contributed by atoms with Crippen molar-refractivity contribution in [1.82, 2.24) is 5.32 Å². The van der Waals surface area contributed by atoms with Gasteiger partial charge in [0, 0.05) is 41.8 Å². The lowest BCUT2D eigenvalue weighted by Crippen LogP contribution is -2.30. The number of anilines is 2. The van der Waals surface area contributed by atoms with Crippen LogP contribution in [0, 0.1) is 0 Å². The predicted molar refractivity (Wildman–Crippen MR) is 133 cm³/mol. The zero-order valence-corrected chi connectivity index (χ0v) is 19.7. The number of sulfone groups is 1. The van der Waals surface area contributed by atoms with Crippen LogP contribution in [0.25, 0.3) is 0 Å². The number of nitrogens with zero attached hydrogens (tertiary/aromatic N) is 2. The van der Waals surface area contributed by atoms with Crippen LogP contribution in [0.3, 0.4) is 0 Å². The number of hydrogen-bond donors (Lipinski definition) is 2. The molecule has 2 aromatic rings. The molecule has 0 aromatic heterocycles. The van der Waals surface area contributed by atoms with Crippen LogP contribution in [-0.4, -0.2) is 61.9 Å². The lowest BCUT2D eigenvalue weighted by molar-refractivity contribution is 0.0953. The van der Waals surface area contributed by atoms with Crippen molar-refractivity contribution in [2.75, 3.05) is 41.4 Å². The van der Waals surface area contributed by atoms with E-state index in [1.807, 2.05) is 30.3 Å². The Morgan fingerprint density at radius 1 is 1.16 bits per heavy atom. The van der Waals surface area contributed by atoms with Gasteiger partial charge in [-0.15, -0.1) is 0 Å². The maximum Gasteiger partial charge on any atom is 0.251 e. The van der Waals surface area contributed by atoms with E-state index in [9.17, 15) is 13.2 Å². The maximum atomic E-state index is 12.6. The highest BCUT2D eigenvalue weighted by Crippen LogP contribution is 2.34. The molecule has 2 aliphatic heterocycles. The van der Waals surface area contributed by atoms with E-state index in [-0.39, 0.29) is 28.7 Å². The zero-order valence-electron chi connectivity index (χ0n) is 18.0. The van der Waals surface area contributed by atoms with Gasteiger partial charge < -0.3 is 15.5 Å². The first kappa shape index (κ1) is 22.7. The third-order valence-corrected chi connectivity index (χ3v) is 8.73. The van der Waals surface area contributed by atoms with Gasteiger partial charge in [-0.25, -0.2) is 8.42 Å². The van der Waals surface area contributed by atoms with Crippen LogP contribution in [0.2, 0.25) is 0 Å². The number of hydrogen-bond acceptors (Lipinski definition) is 7. The highest BCUT2D eigenvalue weighted by Gasteiger charge is 2.42. The minimum absolute atomic E-state index is 0.00689. The maximum absolute atomic E-state index is 12.6. The summed E-state index contributed by atoms with van der Waals surface area (Å²) in [6, 6.07) is 17.4. The van der Waals surface area contributed by atoms with Gasteiger partial charge in [0.25, 0.3) is 5.91 Å². The molecule has 2 atom stereocenters. The van der Waals surface area contributed by atoms with E-state index in [1.54, 1.807) is 12.1 Å². The number of rotatable bonds is 8. The molecule has 2 unspecified atom stereocenters. The number of aliphatic imine (C=N–C) groups is 1. The average molecular weight is 473 g/mol. The number of thioether (sulfide) groups is 1. The van der Waals surface area contributed by atoms with Crippen molar-refractivity contribution in [3.05, 3.63) is 60.2 Å². The monoisotopic (exact) mass is 472 g/mol. The number of amides is 1. The van der Waals surface area contributed by atoms with E-state index in [0.717, 1.165) is 25.2 Å². The summed E-state index contributed by atoms with van der Waals surface area (Å²) >= 11 is 1.47. The van der Waals surface area contributed by atoms with Gasteiger partial charge in [-0.1, -0.05) is 36.0 Å². The van der Waals surface area contributed by atoms with Gasteiger partial charge in [0.1, 0.15) is 0 Å². The number of carbonyl (C=O) groups is 1. The molecule has 170 valence electrons. The van der Waals surface area contributed by atoms with Crippen LogP contribution >= 0.6 is 11.8 Å². The Morgan fingerprint density at radius 3 is 2.72 bits per heavy atom. The van der Waals surface area contributed by atoms with Gasteiger partial charge in [-0.05, 0) is 43.7 Å². The number of amidine groups is 1. The molecule has 9 heteroatoms. The first-order valence-corrected chi connectivity index (χ1v) is 13.5. The minimum atomic E-state index is -2.97. The third-order valence-electron chi connectivity index (χ3n) is 5.59. The van der Waals surface area contributed by atoms with Crippen molar-refractivity contribution < 1.29 is 13.2 Å². The Hall–Kier alpha value is -2.52. The van der Waals surface area contributed by atoms with Gasteiger partial charge in [0.05, 0.1) is 17.5 Å². The van der Waals surface area contributed by atoms with Crippen molar-refractivity contribution in [3.63, 3.8) is 0 Å². The van der Waals surface area contributed by atoms with E-state index < -0.39 is 9.84 Å². The van der Waals surface area contributed by atoms with Gasteiger partial charge in [0.2, 0.25) is 0 Å².